The lowest BCUT2D eigenvalue weighted by molar-refractivity contribution is -0.136. The van der Waals surface area contributed by atoms with E-state index in [0.717, 1.165) is 53.3 Å². The van der Waals surface area contributed by atoms with Gasteiger partial charge in [0.05, 0.1) is 48.1 Å². The van der Waals surface area contributed by atoms with Crippen LogP contribution in [0.25, 0.3) is 11.0 Å². The summed E-state index contributed by atoms with van der Waals surface area (Å²) in [7, 11) is 1.68. The number of nitrogens with zero attached hydrogens (tertiary/aromatic N) is 3. The Balaban J connectivity index is 0.00000154. The molecule has 4 aromatic rings. The third kappa shape index (κ3) is 10.5. The second-order valence-electron chi connectivity index (χ2n) is 16.4. The smallest absolute Gasteiger partial charge is 0.329 e. The second kappa shape index (κ2) is 20.3. The van der Waals surface area contributed by atoms with E-state index < -0.39 is 35.9 Å². The second-order valence-corrected chi connectivity index (χ2v) is 16.4. The zero-order chi connectivity index (χ0) is 44.7. The number of fused-ring (bicyclic) bond motifs is 1. The molecule has 4 heterocycles. The Morgan fingerprint density at radius 1 is 0.935 bits per heavy atom. The van der Waals surface area contributed by atoms with E-state index in [4.69, 9.17) is 30.8 Å². The maximum atomic E-state index is 14.0. The van der Waals surface area contributed by atoms with Gasteiger partial charge in [0.1, 0.15) is 6.04 Å². The normalized spacial score (nSPS) is 19.3. The van der Waals surface area contributed by atoms with Crippen LogP contribution in [0.1, 0.15) is 92.7 Å². The first-order valence-corrected chi connectivity index (χ1v) is 21.1. The first-order chi connectivity index (χ1) is 29.6. The number of hydrogen-bond acceptors (Lipinski definition) is 10. The predicted molar refractivity (Wildman–Crippen MR) is 230 cm³/mol. The largest absolute Gasteiger partial charge is 0.481 e. The summed E-state index contributed by atoms with van der Waals surface area (Å²) in [6, 6.07) is 17.6. The molecule has 1 aromatic heterocycles. The molecular formula is C46H56N6O10. The molecular weight excluding hydrogens is 797 g/mol. The number of nitrogens with two attached hydrogens (primary N) is 2. The number of ether oxygens (including phenoxy) is 2. The molecule has 0 spiro atoms. The molecule has 4 amide bonds. The van der Waals surface area contributed by atoms with Crippen LogP contribution in [0.15, 0.2) is 65.5 Å². The number of anilines is 1. The van der Waals surface area contributed by atoms with E-state index in [1.807, 2.05) is 55.5 Å². The number of aromatic nitrogens is 2. The molecule has 16 heteroatoms. The fourth-order valence-electron chi connectivity index (χ4n) is 8.73. The molecule has 1 saturated heterocycles. The zero-order valence-electron chi connectivity index (χ0n) is 35.5. The Kier molecular flexibility index (Phi) is 14.9. The number of imidazole rings is 1. The third-order valence-corrected chi connectivity index (χ3v) is 12.0. The number of carboxylic acid groups (broad SMARTS) is 1. The number of rotatable bonds is 17. The number of aryl methyl sites for hydroxylation is 3. The summed E-state index contributed by atoms with van der Waals surface area (Å²) in [6.07, 6.45) is 3.99. The van der Waals surface area contributed by atoms with Crippen LogP contribution in [0.3, 0.4) is 0 Å². The van der Waals surface area contributed by atoms with Gasteiger partial charge in [-0.05, 0) is 79.7 Å². The number of Topliss-reactive ketones (excluding diaryl/α,β-unsaturated/α-hetero) is 1. The average molecular weight is 853 g/mol. The molecule has 5 atom stereocenters. The SMILES string of the molecule is CC(=O)O.C[C@@H](OCc1ccc(CCCOCc2cccc3c2n(C)c(=O)n3C2CCC(=O)NC2=O)cc1)[C@H](CCC(N)=O)CC(=O)[C@@H]1Cc2cccc3c2N1C(=O)[C@@H](N)CC3. The minimum absolute atomic E-state index is 0.0746. The van der Waals surface area contributed by atoms with Gasteiger partial charge in [-0.3, -0.25) is 48.1 Å². The number of benzene rings is 3. The number of aliphatic carboxylic acids is 1. The Morgan fingerprint density at radius 2 is 1.63 bits per heavy atom. The molecule has 16 nitrogen and oxygen atoms in total. The van der Waals surface area contributed by atoms with Crippen molar-refractivity contribution < 1.29 is 43.3 Å². The molecule has 0 saturated carbocycles. The summed E-state index contributed by atoms with van der Waals surface area (Å²) in [4.78, 5) is 87.3. The zero-order valence-corrected chi connectivity index (χ0v) is 35.5. The molecule has 0 radical (unpaired) electrons. The predicted octanol–water partition coefficient (Wildman–Crippen LogP) is 3.54. The lowest BCUT2D eigenvalue weighted by Crippen LogP contribution is -2.50. The van der Waals surface area contributed by atoms with Gasteiger partial charge in [-0.15, -0.1) is 0 Å². The molecule has 3 aliphatic heterocycles. The van der Waals surface area contributed by atoms with E-state index in [0.29, 0.717) is 56.5 Å². The van der Waals surface area contributed by atoms with Gasteiger partial charge in [0.2, 0.25) is 23.6 Å². The van der Waals surface area contributed by atoms with E-state index in [2.05, 4.69) is 17.4 Å². The molecule has 7 rings (SSSR count). The van der Waals surface area contributed by atoms with E-state index in [-0.39, 0.29) is 61.0 Å². The van der Waals surface area contributed by atoms with Crippen LogP contribution in [-0.4, -0.2) is 74.4 Å². The van der Waals surface area contributed by atoms with Crippen molar-refractivity contribution in [1.29, 1.82) is 0 Å². The molecule has 6 N–H and O–H groups in total. The highest BCUT2D eigenvalue weighted by Crippen LogP contribution is 2.40. The number of piperidine rings is 1. The quantitative estimate of drug-likeness (QED) is 0.0886. The van der Waals surface area contributed by atoms with Crippen molar-refractivity contribution in [3.8, 4) is 0 Å². The van der Waals surface area contributed by atoms with Crippen molar-refractivity contribution in [3.63, 3.8) is 0 Å². The minimum atomic E-state index is -0.833. The van der Waals surface area contributed by atoms with Gasteiger partial charge >= 0.3 is 5.69 Å². The summed E-state index contributed by atoms with van der Waals surface area (Å²) < 4.78 is 15.3. The fraction of sp³-hybridized carbons (Fsp3) is 0.457. The number of amides is 4. The van der Waals surface area contributed by atoms with Crippen LogP contribution in [0.4, 0.5) is 5.69 Å². The summed E-state index contributed by atoms with van der Waals surface area (Å²) in [5, 5.41) is 9.76. The summed E-state index contributed by atoms with van der Waals surface area (Å²) in [6.45, 7) is 4.11. The van der Waals surface area contributed by atoms with Crippen molar-refractivity contribution in [1.82, 2.24) is 14.5 Å². The number of para-hydroxylation sites is 2. The highest BCUT2D eigenvalue weighted by Gasteiger charge is 2.43. The van der Waals surface area contributed by atoms with Gasteiger partial charge in [0, 0.05) is 51.8 Å². The standard InChI is InChI=1S/C44H52N6O8.C2H4O2/c1-26(30(16-19-38(46)52)23-37(51)36-22-31-8-3-7-29-15-17-33(45)43(55)50(36)40(29)31)58-24-28-13-11-27(12-14-28)6-5-21-57-25-32-9-4-10-34-41(32)48(2)44(56)49(34)35-18-20-39(53)47-42(35)54;1-2(3)4/h3-4,7-14,26,30,33,35-36H,5-6,15-25,45H2,1-2H3,(H2,46,52)(H,47,53,54);1H3,(H,3,4)/t26-,30-,33+,35?,36+;/m1./s1. The number of primary amides is 1. The molecule has 62 heavy (non-hydrogen) atoms. The third-order valence-electron chi connectivity index (χ3n) is 12.0. The van der Waals surface area contributed by atoms with Crippen LogP contribution in [-0.2, 0) is 77.8 Å². The number of carbonyl (C=O) groups excluding carboxylic acids is 5. The van der Waals surface area contributed by atoms with Crippen LogP contribution in [0.2, 0.25) is 0 Å². The lowest BCUT2D eigenvalue weighted by Gasteiger charge is -2.29. The summed E-state index contributed by atoms with van der Waals surface area (Å²) >= 11 is 0. The van der Waals surface area contributed by atoms with Crippen LogP contribution < -0.4 is 27.4 Å². The van der Waals surface area contributed by atoms with E-state index in [1.54, 1.807) is 11.9 Å². The molecule has 330 valence electrons. The van der Waals surface area contributed by atoms with Crippen molar-refractivity contribution in [2.24, 2.45) is 24.4 Å². The first-order valence-electron chi connectivity index (χ1n) is 21.1. The van der Waals surface area contributed by atoms with Crippen molar-refractivity contribution in [2.45, 2.75) is 115 Å². The van der Waals surface area contributed by atoms with Crippen LogP contribution in [0, 0.1) is 5.92 Å². The van der Waals surface area contributed by atoms with Gasteiger partial charge in [0.15, 0.2) is 5.78 Å². The number of carboxylic acids is 1. The maximum absolute atomic E-state index is 14.0. The highest BCUT2D eigenvalue weighted by atomic mass is 16.5. The van der Waals surface area contributed by atoms with Crippen LogP contribution in [0.5, 0.6) is 0 Å². The van der Waals surface area contributed by atoms with E-state index >= 15 is 0 Å². The van der Waals surface area contributed by atoms with Gasteiger partial charge < -0.3 is 26.0 Å². The number of carbonyl (C=O) groups is 6. The first kappa shape index (κ1) is 45.6. The molecule has 1 fully saturated rings. The average Bonchev–Trinajstić information content (AvgIpc) is 3.71. The summed E-state index contributed by atoms with van der Waals surface area (Å²) in [5.41, 5.74) is 18.6. The molecule has 1 unspecified atom stereocenters. The molecule has 3 aromatic carbocycles. The van der Waals surface area contributed by atoms with E-state index in [9.17, 15) is 28.8 Å². The number of nitrogens with one attached hydrogen (secondary N) is 1. The minimum Gasteiger partial charge on any atom is -0.481 e. The molecule has 0 bridgehead atoms. The summed E-state index contributed by atoms with van der Waals surface area (Å²) in [5.74, 6) is -2.65. The molecule has 3 aliphatic rings. The Morgan fingerprint density at radius 3 is 2.34 bits per heavy atom. The number of imide groups is 1. The van der Waals surface area contributed by atoms with Gasteiger partial charge in [-0.2, -0.15) is 0 Å². The van der Waals surface area contributed by atoms with Crippen molar-refractivity contribution in [3.05, 3.63) is 99.0 Å². The van der Waals surface area contributed by atoms with E-state index in [1.165, 1.54) is 9.13 Å². The monoisotopic (exact) mass is 852 g/mol. The van der Waals surface area contributed by atoms with Crippen LogP contribution >= 0.6 is 0 Å². The van der Waals surface area contributed by atoms with Gasteiger partial charge in [-0.1, -0.05) is 54.6 Å². The lowest BCUT2D eigenvalue weighted by atomic mass is 9.89. The fourth-order valence-corrected chi connectivity index (χ4v) is 8.73. The number of hydrogen-bond donors (Lipinski definition) is 4. The Hall–Kier alpha value is -5.97. The molecule has 0 aliphatic carbocycles. The van der Waals surface area contributed by atoms with Gasteiger partial charge in [-0.25, -0.2) is 4.79 Å². The Labute approximate surface area is 359 Å². The Bertz CT molecular complexity index is 2380. The number of ketones is 1. The van der Waals surface area contributed by atoms with Gasteiger partial charge in [0.25, 0.3) is 5.97 Å². The van der Waals surface area contributed by atoms with Crippen molar-refractivity contribution in [2.75, 3.05) is 11.5 Å². The topological polar surface area (TPSA) is 235 Å². The van der Waals surface area contributed by atoms with Crippen molar-refractivity contribution >= 4 is 52.1 Å². The maximum Gasteiger partial charge on any atom is 0.329 e. The highest BCUT2D eigenvalue weighted by molar-refractivity contribution is 6.07.